The Morgan fingerprint density at radius 2 is 1.83 bits per heavy atom. The maximum absolute atomic E-state index is 12.5. The number of nitrogens with two attached hydrogens (primary N) is 1. The van der Waals surface area contributed by atoms with Crippen LogP contribution in [0.15, 0.2) is 47.4 Å². The number of nitrogens with one attached hydrogen (secondary N) is 1. The predicted octanol–water partition coefficient (Wildman–Crippen LogP) is 2.30. The number of carbonyl (C=O) groups is 1. The van der Waals surface area contributed by atoms with Gasteiger partial charge in [0, 0.05) is 12.1 Å². The van der Waals surface area contributed by atoms with Gasteiger partial charge in [-0.25, -0.2) is 13.6 Å². The van der Waals surface area contributed by atoms with Crippen LogP contribution in [0.25, 0.3) is 0 Å². The summed E-state index contributed by atoms with van der Waals surface area (Å²) in [6.45, 7) is 3.95. The number of hydrogen-bond donors (Lipinski definition) is 2. The third-order valence-electron chi connectivity index (χ3n) is 3.78. The van der Waals surface area contributed by atoms with Crippen LogP contribution in [-0.2, 0) is 16.4 Å². The lowest BCUT2D eigenvalue weighted by atomic mass is 10.0. The maximum atomic E-state index is 12.5. The van der Waals surface area contributed by atoms with E-state index in [0.717, 1.165) is 12.0 Å². The van der Waals surface area contributed by atoms with Gasteiger partial charge in [-0.05, 0) is 49.7 Å². The molecule has 126 valence electrons. The highest BCUT2D eigenvalue weighted by Gasteiger charge is 2.33. The molecule has 1 aliphatic rings. The van der Waals surface area contributed by atoms with Crippen molar-refractivity contribution in [3.8, 4) is 5.75 Å². The second-order valence-electron chi connectivity index (χ2n) is 6.36. The van der Waals surface area contributed by atoms with Gasteiger partial charge in [-0.15, -0.1) is 0 Å². The number of sulfonamides is 1. The fraction of sp³-hybridized carbons (Fsp3) is 0.235. The molecule has 0 atom stereocenters. The minimum atomic E-state index is -3.75. The number of carbonyl (C=O) groups excluding carboxylic acids is 1. The second-order valence-corrected chi connectivity index (χ2v) is 7.92. The number of amides is 1. The van der Waals surface area contributed by atoms with Crippen LogP contribution in [0.1, 0.15) is 29.8 Å². The summed E-state index contributed by atoms with van der Waals surface area (Å²) in [6.07, 6.45) is 0.743. The number of anilines is 1. The molecule has 1 aliphatic heterocycles. The summed E-state index contributed by atoms with van der Waals surface area (Å²) in [5, 5.41) is 7.79. The molecule has 3 rings (SSSR count). The average molecular weight is 346 g/mol. The Labute approximate surface area is 140 Å². The first-order valence-corrected chi connectivity index (χ1v) is 8.95. The molecule has 0 radical (unpaired) electrons. The highest BCUT2D eigenvalue weighted by molar-refractivity contribution is 7.89. The van der Waals surface area contributed by atoms with Crippen LogP contribution in [0.5, 0.6) is 5.75 Å². The van der Waals surface area contributed by atoms with E-state index >= 15 is 0 Å². The lowest BCUT2D eigenvalue weighted by Crippen LogP contribution is -2.25. The number of fused-ring (bicyclic) bond motifs is 1. The van der Waals surface area contributed by atoms with Crippen LogP contribution in [-0.4, -0.2) is 19.9 Å². The van der Waals surface area contributed by atoms with E-state index in [1.54, 1.807) is 6.07 Å². The summed E-state index contributed by atoms with van der Waals surface area (Å²) in [6, 6.07) is 11.1. The standard InChI is InChI=1S/C17H18N2O4S/c1-17(2)10-11-4-3-5-14(15(11)23-17)16(20)19-12-6-8-13(9-7-12)24(18,21)22/h3-9H,10H2,1-2H3,(H,19,20)(H2,18,21,22). The van der Waals surface area contributed by atoms with Crippen molar-refractivity contribution in [2.75, 3.05) is 5.32 Å². The van der Waals surface area contributed by atoms with Gasteiger partial charge in [-0.2, -0.15) is 0 Å². The normalized spacial score (nSPS) is 15.5. The molecule has 0 bridgehead atoms. The zero-order chi connectivity index (χ0) is 17.5. The molecule has 24 heavy (non-hydrogen) atoms. The summed E-state index contributed by atoms with van der Waals surface area (Å²) < 4.78 is 28.4. The zero-order valence-corrected chi connectivity index (χ0v) is 14.2. The molecule has 1 amide bonds. The summed E-state index contributed by atoms with van der Waals surface area (Å²) in [5.74, 6) is 0.286. The minimum Gasteiger partial charge on any atom is -0.486 e. The van der Waals surface area contributed by atoms with Gasteiger partial charge in [0.05, 0.1) is 10.5 Å². The van der Waals surface area contributed by atoms with Crippen molar-refractivity contribution in [3.05, 3.63) is 53.6 Å². The van der Waals surface area contributed by atoms with E-state index in [9.17, 15) is 13.2 Å². The largest absolute Gasteiger partial charge is 0.486 e. The number of hydrogen-bond acceptors (Lipinski definition) is 4. The van der Waals surface area contributed by atoms with Crippen LogP contribution in [0.2, 0.25) is 0 Å². The third-order valence-corrected chi connectivity index (χ3v) is 4.71. The average Bonchev–Trinajstić information content (AvgIpc) is 2.80. The molecule has 3 N–H and O–H groups in total. The molecule has 0 spiro atoms. The van der Waals surface area contributed by atoms with E-state index in [4.69, 9.17) is 9.88 Å². The monoisotopic (exact) mass is 346 g/mol. The van der Waals surface area contributed by atoms with Gasteiger partial charge in [0.2, 0.25) is 10.0 Å². The van der Waals surface area contributed by atoms with Crippen LogP contribution in [0, 0.1) is 0 Å². The fourth-order valence-electron chi connectivity index (χ4n) is 2.72. The van der Waals surface area contributed by atoms with E-state index in [2.05, 4.69) is 5.32 Å². The van der Waals surface area contributed by atoms with Crippen molar-refractivity contribution in [1.29, 1.82) is 0 Å². The number of para-hydroxylation sites is 1. The molecule has 1 heterocycles. The third kappa shape index (κ3) is 3.27. The molecule has 0 aromatic heterocycles. The Bertz CT molecular complexity index is 903. The van der Waals surface area contributed by atoms with Crippen LogP contribution in [0.3, 0.4) is 0 Å². The first-order chi connectivity index (χ1) is 11.2. The summed E-state index contributed by atoms with van der Waals surface area (Å²) >= 11 is 0. The second kappa shape index (κ2) is 5.61. The molecular formula is C17H18N2O4S. The van der Waals surface area contributed by atoms with Gasteiger partial charge in [-0.3, -0.25) is 4.79 Å². The molecule has 6 nitrogen and oxygen atoms in total. The molecular weight excluding hydrogens is 328 g/mol. The molecule has 2 aromatic carbocycles. The van der Waals surface area contributed by atoms with Crippen molar-refractivity contribution in [2.24, 2.45) is 5.14 Å². The Balaban J connectivity index is 1.84. The van der Waals surface area contributed by atoms with E-state index in [1.165, 1.54) is 24.3 Å². The Kier molecular flexibility index (Phi) is 3.85. The van der Waals surface area contributed by atoms with Gasteiger partial charge in [0.25, 0.3) is 5.91 Å². The van der Waals surface area contributed by atoms with Crippen LogP contribution >= 0.6 is 0 Å². The van der Waals surface area contributed by atoms with Crippen molar-refractivity contribution >= 4 is 21.6 Å². The van der Waals surface area contributed by atoms with Gasteiger partial charge in [-0.1, -0.05) is 12.1 Å². The molecule has 0 fully saturated rings. The van der Waals surface area contributed by atoms with Gasteiger partial charge in [0.15, 0.2) is 0 Å². The quantitative estimate of drug-likeness (QED) is 0.891. The van der Waals surface area contributed by atoms with E-state index in [-0.39, 0.29) is 16.4 Å². The number of ether oxygens (including phenoxy) is 1. The molecule has 0 unspecified atom stereocenters. The van der Waals surface area contributed by atoms with E-state index in [0.29, 0.717) is 17.0 Å². The Hall–Kier alpha value is -2.38. The molecule has 0 saturated heterocycles. The Morgan fingerprint density at radius 3 is 2.46 bits per heavy atom. The van der Waals surface area contributed by atoms with Crippen LogP contribution in [0.4, 0.5) is 5.69 Å². The van der Waals surface area contributed by atoms with Crippen molar-refractivity contribution in [2.45, 2.75) is 30.8 Å². The zero-order valence-electron chi connectivity index (χ0n) is 13.4. The number of benzene rings is 2. The number of rotatable bonds is 3. The lowest BCUT2D eigenvalue weighted by molar-refractivity contribution is 0.101. The smallest absolute Gasteiger partial charge is 0.259 e. The van der Waals surface area contributed by atoms with Gasteiger partial charge in [0.1, 0.15) is 11.4 Å². The first-order valence-electron chi connectivity index (χ1n) is 7.41. The fourth-order valence-corrected chi connectivity index (χ4v) is 3.24. The van der Waals surface area contributed by atoms with Crippen molar-refractivity contribution in [3.63, 3.8) is 0 Å². The molecule has 2 aromatic rings. The summed E-state index contributed by atoms with van der Waals surface area (Å²) in [5.41, 5.74) is 1.59. The highest BCUT2D eigenvalue weighted by atomic mass is 32.2. The Morgan fingerprint density at radius 1 is 1.17 bits per heavy atom. The van der Waals surface area contributed by atoms with Crippen molar-refractivity contribution < 1.29 is 17.9 Å². The van der Waals surface area contributed by atoms with Gasteiger partial charge >= 0.3 is 0 Å². The predicted molar refractivity (Wildman–Crippen MR) is 90.6 cm³/mol. The summed E-state index contributed by atoms with van der Waals surface area (Å²) in [4.78, 5) is 12.5. The van der Waals surface area contributed by atoms with Crippen LogP contribution < -0.4 is 15.2 Å². The van der Waals surface area contributed by atoms with E-state index in [1.807, 2.05) is 26.0 Å². The molecule has 0 saturated carbocycles. The van der Waals surface area contributed by atoms with E-state index < -0.39 is 10.0 Å². The van der Waals surface area contributed by atoms with Crippen molar-refractivity contribution in [1.82, 2.24) is 0 Å². The molecule has 7 heteroatoms. The molecule has 0 aliphatic carbocycles. The summed E-state index contributed by atoms with van der Waals surface area (Å²) in [7, 11) is -3.75. The lowest BCUT2D eigenvalue weighted by Gasteiger charge is -2.18. The van der Waals surface area contributed by atoms with Gasteiger partial charge < -0.3 is 10.1 Å². The number of primary sulfonamides is 1. The maximum Gasteiger partial charge on any atom is 0.259 e. The SMILES string of the molecule is CC1(C)Cc2cccc(C(=O)Nc3ccc(S(N)(=O)=O)cc3)c2O1. The first kappa shape index (κ1) is 16.5. The minimum absolute atomic E-state index is 0.00816. The topological polar surface area (TPSA) is 98.5 Å². The highest BCUT2D eigenvalue weighted by Crippen LogP contribution is 2.37.